The van der Waals surface area contributed by atoms with Crippen LogP contribution in [0.3, 0.4) is 0 Å². The van der Waals surface area contributed by atoms with Gasteiger partial charge in [-0.15, -0.1) is 0 Å². The first-order valence-electron chi connectivity index (χ1n) is 7.27. The van der Waals surface area contributed by atoms with Crippen LogP contribution >= 0.6 is 0 Å². The molecule has 0 aromatic heterocycles. The summed E-state index contributed by atoms with van der Waals surface area (Å²) in [5, 5.41) is 2.66. The third-order valence-corrected chi connectivity index (χ3v) is 3.46. The van der Waals surface area contributed by atoms with Crippen molar-refractivity contribution in [1.82, 2.24) is 5.32 Å². The van der Waals surface area contributed by atoms with Crippen LogP contribution in [0.5, 0.6) is 0 Å². The van der Waals surface area contributed by atoms with Crippen LogP contribution in [0, 0.1) is 0 Å². The van der Waals surface area contributed by atoms with Crippen LogP contribution in [0.1, 0.15) is 57.8 Å². The van der Waals surface area contributed by atoms with Crippen LogP contribution in [-0.4, -0.2) is 24.4 Å². The quantitative estimate of drug-likeness (QED) is 0.438. The van der Waals surface area contributed by atoms with E-state index in [2.05, 4.69) is 5.32 Å². The zero-order chi connectivity index (χ0) is 14.0. The zero-order valence-electron chi connectivity index (χ0n) is 11.5. The third kappa shape index (κ3) is 5.99. The van der Waals surface area contributed by atoms with E-state index in [1.165, 1.54) is 6.08 Å². The molecular formula is C15H24FNO2. The molecule has 108 valence electrons. The number of carbonyl (C=O) groups is 2. The number of rotatable bonds is 7. The highest BCUT2D eigenvalue weighted by Gasteiger charge is 2.35. The Kier molecular flexibility index (Phi) is 7.38. The van der Waals surface area contributed by atoms with Crippen LogP contribution < -0.4 is 5.32 Å². The Morgan fingerprint density at radius 1 is 1.26 bits per heavy atom. The van der Waals surface area contributed by atoms with Gasteiger partial charge in [0.05, 0.1) is 0 Å². The van der Waals surface area contributed by atoms with Crippen molar-refractivity contribution in [1.29, 1.82) is 0 Å². The van der Waals surface area contributed by atoms with Crippen molar-refractivity contribution < 1.29 is 14.0 Å². The van der Waals surface area contributed by atoms with Gasteiger partial charge in [0.25, 0.3) is 5.91 Å². The molecule has 1 atom stereocenters. The molecule has 0 fully saturated rings. The summed E-state index contributed by atoms with van der Waals surface area (Å²) in [7, 11) is 0. The second-order valence-corrected chi connectivity index (χ2v) is 5.14. The second kappa shape index (κ2) is 8.83. The Hall–Kier alpha value is -1.19. The first-order valence-corrected chi connectivity index (χ1v) is 7.27. The number of hydrogen-bond donors (Lipinski definition) is 1. The van der Waals surface area contributed by atoms with E-state index in [-0.39, 0.29) is 6.42 Å². The van der Waals surface area contributed by atoms with E-state index < -0.39 is 11.6 Å². The van der Waals surface area contributed by atoms with Crippen molar-refractivity contribution in [3.63, 3.8) is 0 Å². The van der Waals surface area contributed by atoms with Crippen molar-refractivity contribution >= 4 is 12.2 Å². The van der Waals surface area contributed by atoms with E-state index in [1.807, 2.05) is 0 Å². The van der Waals surface area contributed by atoms with Crippen molar-refractivity contribution in [3.05, 3.63) is 12.2 Å². The van der Waals surface area contributed by atoms with Gasteiger partial charge in [-0.2, -0.15) is 0 Å². The molecule has 0 saturated heterocycles. The van der Waals surface area contributed by atoms with E-state index >= 15 is 0 Å². The molecule has 1 N–H and O–H groups in total. The summed E-state index contributed by atoms with van der Waals surface area (Å²) in [6, 6.07) is 0. The molecule has 1 aliphatic rings. The number of nitrogens with one attached hydrogen (secondary N) is 1. The fourth-order valence-electron chi connectivity index (χ4n) is 2.24. The second-order valence-electron chi connectivity index (χ2n) is 5.14. The Bertz CT molecular complexity index is 317. The molecular weight excluding hydrogens is 245 g/mol. The number of alkyl halides is 1. The SMILES string of the molecule is O=CCCCCCNC(=O)C1(F)/C=C\CCCCC1. The molecule has 0 aromatic carbocycles. The molecule has 1 unspecified atom stereocenters. The lowest BCUT2D eigenvalue weighted by atomic mass is 9.93. The fraction of sp³-hybridized carbons (Fsp3) is 0.733. The molecule has 3 nitrogen and oxygen atoms in total. The van der Waals surface area contributed by atoms with E-state index in [1.54, 1.807) is 6.08 Å². The number of aldehydes is 1. The van der Waals surface area contributed by atoms with Gasteiger partial charge in [0.2, 0.25) is 5.67 Å². The minimum absolute atomic E-state index is 0.278. The van der Waals surface area contributed by atoms with Gasteiger partial charge in [0.1, 0.15) is 6.29 Å². The van der Waals surface area contributed by atoms with Crippen molar-refractivity contribution in [2.45, 2.75) is 63.5 Å². The Labute approximate surface area is 114 Å². The molecule has 19 heavy (non-hydrogen) atoms. The van der Waals surface area contributed by atoms with Crippen LogP contribution in [0.2, 0.25) is 0 Å². The van der Waals surface area contributed by atoms with Gasteiger partial charge < -0.3 is 10.1 Å². The maximum Gasteiger partial charge on any atom is 0.261 e. The third-order valence-electron chi connectivity index (χ3n) is 3.46. The smallest absolute Gasteiger partial charge is 0.261 e. The monoisotopic (exact) mass is 269 g/mol. The normalized spacial score (nSPS) is 25.1. The largest absolute Gasteiger partial charge is 0.353 e. The van der Waals surface area contributed by atoms with E-state index in [9.17, 15) is 14.0 Å². The lowest BCUT2D eigenvalue weighted by Gasteiger charge is -2.22. The standard InChI is InChI=1S/C15H24FNO2/c16-15(10-6-2-1-3-7-11-15)14(19)17-12-8-4-5-9-13-18/h6,10,13H,1-5,7-9,11-12H2,(H,17,19)/b10-6-. The number of amides is 1. The lowest BCUT2D eigenvalue weighted by Crippen LogP contribution is -2.42. The molecule has 0 aliphatic heterocycles. The van der Waals surface area contributed by atoms with Crippen LogP contribution in [-0.2, 0) is 9.59 Å². The molecule has 1 amide bonds. The van der Waals surface area contributed by atoms with Crippen molar-refractivity contribution in [3.8, 4) is 0 Å². The Morgan fingerprint density at radius 3 is 2.89 bits per heavy atom. The lowest BCUT2D eigenvalue weighted by molar-refractivity contribution is -0.130. The van der Waals surface area contributed by atoms with Crippen molar-refractivity contribution in [2.24, 2.45) is 0 Å². The van der Waals surface area contributed by atoms with Gasteiger partial charge in [0.15, 0.2) is 0 Å². The maximum absolute atomic E-state index is 14.5. The average Bonchev–Trinajstić information content (AvgIpc) is 2.38. The molecule has 0 spiro atoms. The van der Waals surface area contributed by atoms with E-state index in [0.717, 1.165) is 51.2 Å². The molecule has 0 heterocycles. The summed E-state index contributed by atoms with van der Waals surface area (Å²) in [6.45, 7) is 0.483. The van der Waals surface area contributed by atoms with Gasteiger partial charge in [-0.05, 0) is 44.6 Å². The van der Waals surface area contributed by atoms with Crippen LogP contribution in [0.4, 0.5) is 4.39 Å². The number of unbranched alkanes of at least 4 members (excludes halogenated alkanes) is 3. The minimum Gasteiger partial charge on any atom is -0.353 e. The number of allylic oxidation sites excluding steroid dienone is 1. The fourth-order valence-corrected chi connectivity index (χ4v) is 2.24. The molecule has 0 aromatic rings. The van der Waals surface area contributed by atoms with E-state index in [4.69, 9.17) is 0 Å². The predicted octanol–water partition coefficient (Wildman–Crippen LogP) is 3.09. The molecule has 1 aliphatic carbocycles. The molecule has 1 rings (SSSR count). The van der Waals surface area contributed by atoms with E-state index in [0.29, 0.717) is 13.0 Å². The predicted molar refractivity (Wildman–Crippen MR) is 73.6 cm³/mol. The van der Waals surface area contributed by atoms with Gasteiger partial charge in [0, 0.05) is 13.0 Å². The Balaban J connectivity index is 2.29. The number of carbonyl (C=O) groups excluding carboxylic acids is 2. The first kappa shape index (κ1) is 15.9. The van der Waals surface area contributed by atoms with Gasteiger partial charge in [-0.1, -0.05) is 18.9 Å². The highest BCUT2D eigenvalue weighted by molar-refractivity contribution is 5.87. The summed E-state index contributed by atoms with van der Waals surface area (Å²) in [6.07, 6.45) is 11.1. The molecule has 0 radical (unpaired) electrons. The summed E-state index contributed by atoms with van der Waals surface area (Å²) < 4.78 is 14.5. The zero-order valence-corrected chi connectivity index (χ0v) is 11.5. The highest BCUT2D eigenvalue weighted by atomic mass is 19.1. The van der Waals surface area contributed by atoms with Crippen LogP contribution in [0.25, 0.3) is 0 Å². The van der Waals surface area contributed by atoms with Crippen molar-refractivity contribution in [2.75, 3.05) is 6.54 Å². The maximum atomic E-state index is 14.5. The first-order chi connectivity index (χ1) is 9.19. The topological polar surface area (TPSA) is 46.2 Å². The summed E-state index contributed by atoms with van der Waals surface area (Å²) in [4.78, 5) is 22.0. The molecule has 0 saturated carbocycles. The highest BCUT2D eigenvalue weighted by Crippen LogP contribution is 2.25. The molecule has 0 bridgehead atoms. The Morgan fingerprint density at radius 2 is 2.11 bits per heavy atom. The number of halogens is 1. The summed E-state index contributed by atoms with van der Waals surface area (Å²) in [5.74, 6) is -0.513. The minimum atomic E-state index is -1.83. The average molecular weight is 269 g/mol. The van der Waals surface area contributed by atoms with Gasteiger partial charge >= 0.3 is 0 Å². The van der Waals surface area contributed by atoms with Gasteiger partial charge in [-0.25, -0.2) is 4.39 Å². The molecule has 4 heteroatoms. The summed E-state index contributed by atoms with van der Waals surface area (Å²) in [5.41, 5.74) is -1.83. The summed E-state index contributed by atoms with van der Waals surface area (Å²) >= 11 is 0. The van der Waals surface area contributed by atoms with Crippen LogP contribution in [0.15, 0.2) is 12.2 Å². The van der Waals surface area contributed by atoms with Gasteiger partial charge in [-0.3, -0.25) is 4.79 Å². The number of hydrogen-bond acceptors (Lipinski definition) is 2.